The number of rotatable bonds is 3. The van der Waals surface area contributed by atoms with E-state index >= 15 is 0 Å². The van der Waals surface area contributed by atoms with Gasteiger partial charge in [-0.25, -0.2) is 4.79 Å². The number of hydrogen-bond donors (Lipinski definition) is 2. The summed E-state index contributed by atoms with van der Waals surface area (Å²) < 4.78 is 5.16. The van der Waals surface area contributed by atoms with E-state index in [1.807, 2.05) is 47.5 Å². The molecule has 4 aromatic rings. The standard InChI is InChI=1S/C24H18N2O4/c27-18-9-6-15(7-10-18)21-13-20(25-26(21)17-4-2-1-3-5-17)19-12-16-8-11-24(29)30-23(16)14-22(19)28/h1-12,14,21,27-28H,13H2. The van der Waals surface area contributed by atoms with Crippen molar-refractivity contribution in [2.75, 3.05) is 5.01 Å². The Morgan fingerprint density at radius 1 is 0.933 bits per heavy atom. The van der Waals surface area contributed by atoms with Gasteiger partial charge in [0.2, 0.25) is 0 Å². The van der Waals surface area contributed by atoms with E-state index < -0.39 is 5.63 Å². The molecule has 30 heavy (non-hydrogen) atoms. The van der Waals surface area contributed by atoms with E-state index in [2.05, 4.69) is 0 Å². The minimum atomic E-state index is -0.462. The zero-order valence-corrected chi connectivity index (χ0v) is 15.9. The highest BCUT2D eigenvalue weighted by Crippen LogP contribution is 2.39. The number of anilines is 1. The molecule has 0 amide bonds. The highest BCUT2D eigenvalue weighted by molar-refractivity contribution is 6.07. The van der Waals surface area contributed by atoms with Crippen LogP contribution in [-0.4, -0.2) is 15.9 Å². The van der Waals surface area contributed by atoms with Crippen LogP contribution in [0.3, 0.4) is 0 Å². The van der Waals surface area contributed by atoms with Gasteiger partial charge in [0, 0.05) is 29.5 Å². The molecule has 6 heteroatoms. The molecule has 6 nitrogen and oxygen atoms in total. The Hall–Kier alpha value is -4.06. The third kappa shape index (κ3) is 3.18. The molecule has 1 aromatic heterocycles. The molecule has 1 unspecified atom stereocenters. The fourth-order valence-electron chi connectivity index (χ4n) is 3.78. The first-order chi connectivity index (χ1) is 14.6. The summed E-state index contributed by atoms with van der Waals surface area (Å²) in [7, 11) is 0. The van der Waals surface area contributed by atoms with Crippen molar-refractivity contribution in [1.82, 2.24) is 0 Å². The van der Waals surface area contributed by atoms with Crippen LogP contribution in [0.1, 0.15) is 23.6 Å². The number of hydrazone groups is 1. The zero-order chi connectivity index (χ0) is 20.7. The summed E-state index contributed by atoms with van der Waals surface area (Å²) in [4.78, 5) is 11.5. The minimum absolute atomic E-state index is 0.00923. The first kappa shape index (κ1) is 18.0. The minimum Gasteiger partial charge on any atom is -0.508 e. The van der Waals surface area contributed by atoms with Crippen LogP contribution in [0.15, 0.2) is 93.2 Å². The van der Waals surface area contributed by atoms with Gasteiger partial charge in [-0.05, 0) is 42.0 Å². The van der Waals surface area contributed by atoms with Crippen LogP contribution < -0.4 is 10.6 Å². The van der Waals surface area contributed by atoms with Gasteiger partial charge in [0.25, 0.3) is 0 Å². The monoisotopic (exact) mass is 398 g/mol. The van der Waals surface area contributed by atoms with Crippen molar-refractivity contribution in [1.29, 1.82) is 0 Å². The van der Waals surface area contributed by atoms with Crippen molar-refractivity contribution in [2.24, 2.45) is 5.10 Å². The molecular formula is C24H18N2O4. The molecule has 0 spiro atoms. The Morgan fingerprint density at radius 3 is 2.47 bits per heavy atom. The molecule has 0 aliphatic carbocycles. The normalized spacial score (nSPS) is 16.1. The molecule has 2 N–H and O–H groups in total. The largest absolute Gasteiger partial charge is 0.508 e. The number of nitrogens with zero attached hydrogens (tertiary/aromatic N) is 2. The van der Waals surface area contributed by atoms with Gasteiger partial charge in [0.15, 0.2) is 0 Å². The molecule has 3 aromatic carbocycles. The maximum absolute atomic E-state index is 11.5. The van der Waals surface area contributed by atoms with Crippen molar-refractivity contribution < 1.29 is 14.6 Å². The van der Waals surface area contributed by atoms with Gasteiger partial charge in [0.05, 0.1) is 17.4 Å². The Labute approximate surface area is 171 Å². The smallest absolute Gasteiger partial charge is 0.336 e. The molecule has 1 atom stereocenters. The highest BCUT2D eigenvalue weighted by atomic mass is 16.4. The van der Waals surface area contributed by atoms with Gasteiger partial charge in [-0.1, -0.05) is 30.3 Å². The number of fused-ring (bicyclic) bond motifs is 1. The molecule has 1 aliphatic heterocycles. The first-order valence-corrected chi connectivity index (χ1v) is 9.56. The maximum atomic E-state index is 11.5. The quantitative estimate of drug-likeness (QED) is 0.494. The molecule has 0 radical (unpaired) electrons. The molecule has 1 aliphatic rings. The number of aromatic hydroxyl groups is 2. The van der Waals surface area contributed by atoms with Crippen LogP contribution in [0, 0.1) is 0 Å². The molecule has 0 saturated carbocycles. The Morgan fingerprint density at radius 2 is 1.70 bits per heavy atom. The van der Waals surface area contributed by atoms with Crippen molar-refractivity contribution in [2.45, 2.75) is 12.5 Å². The average molecular weight is 398 g/mol. The van der Waals surface area contributed by atoms with E-state index in [0.717, 1.165) is 17.0 Å². The zero-order valence-electron chi connectivity index (χ0n) is 15.9. The average Bonchev–Trinajstić information content (AvgIpc) is 3.19. The van der Waals surface area contributed by atoms with Gasteiger partial charge in [-0.15, -0.1) is 0 Å². The SMILES string of the molecule is O=c1ccc2cc(C3=NN(c4ccccc4)C(c4ccc(O)cc4)C3)c(O)cc2o1. The van der Waals surface area contributed by atoms with Crippen LogP contribution in [0.25, 0.3) is 11.0 Å². The van der Waals surface area contributed by atoms with Crippen LogP contribution in [0.5, 0.6) is 11.5 Å². The second-order valence-electron chi connectivity index (χ2n) is 7.20. The van der Waals surface area contributed by atoms with E-state index in [-0.39, 0.29) is 17.5 Å². The molecule has 2 heterocycles. The van der Waals surface area contributed by atoms with E-state index in [1.165, 1.54) is 12.1 Å². The number of para-hydroxylation sites is 1. The van der Waals surface area contributed by atoms with E-state index in [9.17, 15) is 15.0 Å². The van der Waals surface area contributed by atoms with Crippen LogP contribution in [0.4, 0.5) is 5.69 Å². The van der Waals surface area contributed by atoms with Crippen LogP contribution in [-0.2, 0) is 0 Å². The summed E-state index contributed by atoms with van der Waals surface area (Å²) in [6.45, 7) is 0. The van der Waals surface area contributed by atoms with Crippen LogP contribution >= 0.6 is 0 Å². The summed E-state index contributed by atoms with van der Waals surface area (Å²) in [5.74, 6) is 0.216. The van der Waals surface area contributed by atoms with Gasteiger partial charge in [-0.2, -0.15) is 5.10 Å². The topological polar surface area (TPSA) is 86.3 Å². The summed E-state index contributed by atoms with van der Waals surface area (Å²) >= 11 is 0. The third-order valence-electron chi connectivity index (χ3n) is 5.26. The fourth-order valence-corrected chi connectivity index (χ4v) is 3.78. The highest BCUT2D eigenvalue weighted by Gasteiger charge is 2.31. The Bertz CT molecular complexity index is 1310. The van der Waals surface area contributed by atoms with Gasteiger partial charge < -0.3 is 14.6 Å². The van der Waals surface area contributed by atoms with Crippen molar-refractivity contribution in [3.63, 3.8) is 0 Å². The first-order valence-electron chi connectivity index (χ1n) is 9.56. The molecule has 0 saturated heterocycles. The molecule has 0 fully saturated rings. The summed E-state index contributed by atoms with van der Waals surface area (Å²) in [5, 5.41) is 27.7. The second-order valence-corrected chi connectivity index (χ2v) is 7.20. The van der Waals surface area contributed by atoms with Gasteiger partial charge >= 0.3 is 5.63 Å². The maximum Gasteiger partial charge on any atom is 0.336 e. The lowest BCUT2D eigenvalue weighted by Crippen LogP contribution is -2.18. The number of phenolic OH excluding ortho intramolecular Hbond substituents is 2. The van der Waals surface area contributed by atoms with Gasteiger partial charge in [-0.3, -0.25) is 5.01 Å². The predicted octanol–water partition coefficient (Wildman–Crippen LogP) is 4.56. The number of benzene rings is 3. The van der Waals surface area contributed by atoms with Crippen molar-refractivity contribution in [3.8, 4) is 11.5 Å². The number of hydrogen-bond acceptors (Lipinski definition) is 6. The molecule has 0 bridgehead atoms. The Balaban J connectivity index is 1.61. The van der Waals surface area contributed by atoms with Crippen LogP contribution in [0.2, 0.25) is 0 Å². The van der Waals surface area contributed by atoms with E-state index in [1.54, 1.807) is 24.3 Å². The third-order valence-corrected chi connectivity index (χ3v) is 5.26. The molecule has 5 rings (SSSR count). The Kier molecular flexibility index (Phi) is 4.25. The van der Waals surface area contributed by atoms with Gasteiger partial charge in [0.1, 0.15) is 17.1 Å². The fraction of sp³-hybridized carbons (Fsp3) is 0.0833. The number of phenols is 2. The second kappa shape index (κ2) is 7.08. The summed E-state index contributed by atoms with van der Waals surface area (Å²) in [5.41, 5.74) is 3.12. The van der Waals surface area contributed by atoms with Crippen molar-refractivity contribution in [3.05, 3.63) is 100 Å². The lowest BCUT2D eigenvalue weighted by Gasteiger charge is -2.24. The lowest BCUT2D eigenvalue weighted by molar-refractivity contribution is 0.472. The summed E-state index contributed by atoms with van der Waals surface area (Å²) in [6, 6.07) is 23.1. The van der Waals surface area contributed by atoms with E-state index in [0.29, 0.717) is 23.0 Å². The molecule has 148 valence electrons. The molecular weight excluding hydrogens is 380 g/mol. The predicted molar refractivity (Wildman–Crippen MR) is 115 cm³/mol. The lowest BCUT2D eigenvalue weighted by atomic mass is 9.97. The van der Waals surface area contributed by atoms with Crippen molar-refractivity contribution >= 4 is 22.4 Å². The summed E-state index contributed by atoms with van der Waals surface area (Å²) in [6.07, 6.45) is 0.565. The van der Waals surface area contributed by atoms with E-state index in [4.69, 9.17) is 9.52 Å².